The van der Waals surface area contributed by atoms with Crippen LogP contribution in [0, 0.1) is 17.6 Å². The molecular weight excluding hydrogens is 260 g/mol. The average molecular weight is 285 g/mol. The van der Waals surface area contributed by atoms with Gasteiger partial charge < -0.3 is 10.1 Å². The Labute approximate surface area is 120 Å². The maximum Gasteiger partial charge on any atom is 0.190 e. The van der Waals surface area contributed by atoms with Crippen LogP contribution in [0.2, 0.25) is 0 Å². The van der Waals surface area contributed by atoms with Crippen molar-refractivity contribution in [1.29, 1.82) is 0 Å². The Balaban J connectivity index is 2.59. The van der Waals surface area contributed by atoms with Crippen molar-refractivity contribution in [3.8, 4) is 5.75 Å². The minimum absolute atomic E-state index is 0.262. The molecule has 114 valence electrons. The van der Waals surface area contributed by atoms with E-state index >= 15 is 0 Å². The van der Waals surface area contributed by atoms with E-state index < -0.39 is 11.6 Å². The van der Waals surface area contributed by atoms with Crippen LogP contribution in [-0.2, 0) is 6.54 Å². The second kappa shape index (κ2) is 8.20. The van der Waals surface area contributed by atoms with Crippen molar-refractivity contribution >= 4 is 0 Å². The minimum atomic E-state index is -0.630. The molecule has 0 radical (unpaired) electrons. The quantitative estimate of drug-likeness (QED) is 0.720. The highest BCUT2D eigenvalue weighted by Gasteiger charge is 2.12. The van der Waals surface area contributed by atoms with Gasteiger partial charge in [0, 0.05) is 12.6 Å². The highest BCUT2D eigenvalue weighted by Crippen LogP contribution is 2.24. The Bertz CT molecular complexity index is 396. The summed E-state index contributed by atoms with van der Waals surface area (Å²) in [5, 5.41) is 3.13. The molecule has 4 heteroatoms. The Morgan fingerprint density at radius 2 is 1.70 bits per heavy atom. The molecule has 1 aromatic rings. The molecular formula is C16H25F2NO. The van der Waals surface area contributed by atoms with E-state index in [0.717, 1.165) is 12.8 Å². The summed E-state index contributed by atoms with van der Waals surface area (Å²) >= 11 is 0. The SMILES string of the molecule is CC(C)CCCOc1c(F)cc(CNC(C)C)cc1F. The normalized spacial score (nSPS) is 11.4. The van der Waals surface area contributed by atoms with Crippen LogP contribution in [0.3, 0.4) is 0 Å². The Hall–Kier alpha value is -1.16. The molecule has 0 aromatic heterocycles. The van der Waals surface area contributed by atoms with Gasteiger partial charge in [-0.1, -0.05) is 27.7 Å². The monoisotopic (exact) mass is 285 g/mol. The summed E-state index contributed by atoms with van der Waals surface area (Å²) in [6.45, 7) is 8.97. The first-order chi connectivity index (χ1) is 9.40. The van der Waals surface area contributed by atoms with E-state index in [0.29, 0.717) is 24.6 Å². The molecule has 0 saturated heterocycles. The molecule has 0 unspecified atom stereocenters. The zero-order valence-electron chi connectivity index (χ0n) is 12.8. The van der Waals surface area contributed by atoms with Crippen LogP contribution in [0.1, 0.15) is 46.1 Å². The van der Waals surface area contributed by atoms with Crippen molar-refractivity contribution in [2.24, 2.45) is 5.92 Å². The molecule has 0 heterocycles. The lowest BCUT2D eigenvalue weighted by atomic mass is 10.1. The summed E-state index contributed by atoms with van der Waals surface area (Å²) in [6.07, 6.45) is 1.78. The van der Waals surface area contributed by atoms with E-state index in [9.17, 15) is 8.78 Å². The van der Waals surface area contributed by atoms with E-state index in [1.807, 2.05) is 13.8 Å². The van der Waals surface area contributed by atoms with Gasteiger partial charge in [0.2, 0.25) is 0 Å². The lowest BCUT2D eigenvalue weighted by Gasteiger charge is -2.12. The number of nitrogens with one attached hydrogen (secondary N) is 1. The molecule has 0 amide bonds. The number of hydrogen-bond donors (Lipinski definition) is 1. The van der Waals surface area contributed by atoms with Crippen LogP contribution in [0.25, 0.3) is 0 Å². The molecule has 0 atom stereocenters. The summed E-state index contributed by atoms with van der Waals surface area (Å²) in [7, 11) is 0. The zero-order chi connectivity index (χ0) is 15.1. The second-order valence-corrected chi connectivity index (χ2v) is 5.81. The standard InChI is InChI=1S/C16H25F2NO/c1-11(2)6-5-7-20-16-14(17)8-13(9-15(16)18)10-19-12(3)4/h8-9,11-12,19H,5-7,10H2,1-4H3. The van der Waals surface area contributed by atoms with Crippen LogP contribution in [0.15, 0.2) is 12.1 Å². The summed E-state index contributed by atoms with van der Waals surface area (Å²) < 4.78 is 32.9. The van der Waals surface area contributed by atoms with Crippen LogP contribution in [0.5, 0.6) is 5.75 Å². The summed E-state index contributed by atoms with van der Waals surface area (Å²) in [6, 6.07) is 2.93. The van der Waals surface area contributed by atoms with E-state index in [-0.39, 0.29) is 11.8 Å². The molecule has 20 heavy (non-hydrogen) atoms. The van der Waals surface area contributed by atoms with E-state index in [2.05, 4.69) is 19.2 Å². The minimum Gasteiger partial charge on any atom is -0.488 e. The van der Waals surface area contributed by atoms with Gasteiger partial charge >= 0.3 is 0 Å². The van der Waals surface area contributed by atoms with Crippen LogP contribution in [0.4, 0.5) is 8.78 Å². The van der Waals surface area contributed by atoms with Gasteiger partial charge in [0.1, 0.15) is 0 Å². The second-order valence-electron chi connectivity index (χ2n) is 5.81. The predicted molar refractivity (Wildman–Crippen MR) is 77.9 cm³/mol. The van der Waals surface area contributed by atoms with Gasteiger partial charge in [-0.3, -0.25) is 0 Å². The molecule has 0 spiro atoms. The molecule has 0 saturated carbocycles. The third-order valence-corrected chi connectivity index (χ3v) is 2.94. The highest BCUT2D eigenvalue weighted by atomic mass is 19.1. The van der Waals surface area contributed by atoms with E-state index in [4.69, 9.17) is 4.74 Å². The van der Waals surface area contributed by atoms with Crippen molar-refractivity contribution in [1.82, 2.24) is 5.32 Å². The predicted octanol–water partition coefficient (Wildman–Crippen LogP) is 4.28. The van der Waals surface area contributed by atoms with Gasteiger partial charge in [-0.25, -0.2) is 8.78 Å². The Morgan fingerprint density at radius 1 is 1.10 bits per heavy atom. The van der Waals surface area contributed by atoms with Crippen molar-refractivity contribution < 1.29 is 13.5 Å². The number of rotatable bonds is 8. The first kappa shape index (κ1) is 16.9. The fourth-order valence-corrected chi connectivity index (χ4v) is 1.84. The summed E-state index contributed by atoms with van der Waals surface area (Å²) in [5.41, 5.74) is 0.586. The summed E-state index contributed by atoms with van der Waals surface area (Å²) in [5.74, 6) is -0.954. The van der Waals surface area contributed by atoms with Gasteiger partial charge in [-0.05, 0) is 36.5 Å². The molecule has 0 bridgehead atoms. The largest absolute Gasteiger partial charge is 0.488 e. The molecule has 1 aromatic carbocycles. The van der Waals surface area contributed by atoms with Crippen LogP contribution in [-0.4, -0.2) is 12.6 Å². The first-order valence-corrected chi connectivity index (χ1v) is 7.24. The molecule has 0 aliphatic carbocycles. The number of benzene rings is 1. The van der Waals surface area contributed by atoms with E-state index in [1.165, 1.54) is 12.1 Å². The van der Waals surface area contributed by atoms with Gasteiger partial charge in [-0.15, -0.1) is 0 Å². The Kier molecular flexibility index (Phi) is 6.93. The third-order valence-electron chi connectivity index (χ3n) is 2.94. The average Bonchev–Trinajstić information content (AvgIpc) is 2.34. The first-order valence-electron chi connectivity index (χ1n) is 7.24. The van der Waals surface area contributed by atoms with E-state index in [1.54, 1.807) is 0 Å². The Morgan fingerprint density at radius 3 is 2.20 bits per heavy atom. The highest BCUT2D eigenvalue weighted by molar-refractivity contribution is 5.31. The molecule has 2 nitrogen and oxygen atoms in total. The van der Waals surface area contributed by atoms with Crippen molar-refractivity contribution in [3.05, 3.63) is 29.3 Å². The molecule has 0 aliphatic heterocycles. The fourth-order valence-electron chi connectivity index (χ4n) is 1.84. The molecule has 0 aliphatic rings. The summed E-state index contributed by atoms with van der Waals surface area (Å²) in [4.78, 5) is 0. The molecule has 1 N–H and O–H groups in total. The topological polar surface area (TPSA) is 21.3 Å². The number of hydrogen-bond acceptors (Lipinski definition) is 2. The van der Waals surface area contributed by atoms with Crippen molar-refractivity contribution in [2.75, 3.05) is 6.61 Å². The third kappa shape index (κ3) is 5.87. The maximum absolute atomic E-state index is 13.8. The van der Waals surface area contributed by atoms with Gasteiger partial charge in [0.05, 0.1) is 6.61 Å². The van der Waals surface area contributed by atoms with Crippen LogP contribution >= 0.6 is 0 Å². The lowest BCUT2D eigenvalue weighted by molar-refractivity contribution is 0.270. The van der Waals surface area contributed by atoms with Crippen molar-refractivity contribution in [2.45, 2.75) is 53.1 Å². The van der Waals surface area contributed by atoms with Crippen LogP contribution < -0.4 is 10.1 Å². The maximum atomic E-state index is 13.8. The van der Waals surface area contributed by atoms with Crippen molar-refractivity contribution in [3.63, 3.8) is 0 Å². The molecule has 0 fully saturated rings. The fraction of sp³-hybridized carbons (Fsp3) is 0.625. The smallest absolute Gasteiger partial charge is 0.190 e. The number of halogens is 2. The van der Waals surface area contributed by atoms with Gasteiger partial charge in [0.15, 0.2) is 17.4 Å². The lowest BCUT2D eigenvalue weighted by Crippen LogP contribution is -2.22. The molecule has 1 rings (SSSR count). The number of ether oxygens (including phenoxy) is 1. The zero-order valence-corrected chi connectivity index (χ0v) is 12.8. The van der Waals surface area contributed by atoms with Gasteiger partial charge in [0.25, 0.3) is 0 Å². The van der Waals surface area contributed by atoms with Gasteiger partial charge in [-0.2, -0.15) is 0 Å².